The van der Waals surface area contributed by atoms with Crippen molar-refractivity contribution in [2.45, 2.75) is 4.90 Å². The Kier molecular flexibility index (Phi) is 1.55. The molecule has 0 radical (unpaired) electrons. The first-order valence-electron chi connectivity index (χ1n) is 4.11. The van der Waals surface area contributed by atoms with Crippen LogP contribution in [-0.4, -0.2) is 18.1 Å². The van der Waals surface area contributed by atoms with Gasteiger partial charge in [0.1, 0.15) is 6.34 Å². The van der Waals surface area contributed by atoms with Gasteiger partial charge in [0, 0.05) is 4.90 Å². The lowest BCUT2D eigenvalue weighted by Crippen LogP contribution is -2.23. The number of thioether (sulfide) groups is 1. The molecule has 1 amide bonds. The monoisotopic (exact) mass is 203 g/mol. The van der Waals surface area contributed by atoms with Crippen LogP contribution in [0.2, 0.25) is 0 Å². The van der Waals surface area contributed by atoms with Crippen LogP contribution >= 0.6 is 11.8 Å². The maximum Gasteiger partial charge on any atom is 0.281 e. The predicted molar refractivity (Wildman–Crippen MR) is 52.3 cm³/mol. The molecule has 68 valence electrons. The van der Waals surface area contributed by atoms with E-state index in [2.05, 4.69) is 15.0 Å². The summed E-state index contributed by atoms with van der Waals surface area (Å²) in [5.41, 5.74) is 0.608. The lowest BCUT2D eigenvalue weighted by atomic mass is 10.2. The molecule has 1 aromatic rings. The molecule has 0 fully saturated rings. The van der Waals surface area contributed by atoms with Crippen molar-refractivity contribution >= 4 is 24.0 Å². The lowest BCUT2D eigenvalue weighted by Gasteiger charge is -2.03. The Labute approximate surface area is 83.5 Å². The standard InChI is InChI=1S/C9H5N3OS/c13-9-7-5(10-3-11-9)1-2-6-8(7)14-4-12-6/h1-3H,4H2. The number of carbonyl (C=O) groups excluding carboxylic acids is 1. The number of hydrogen-bond acceptors (Lipinski definition) is 4. The molecule has 0 spiro atoms. The number of rotatable bonds is 0. The summed E-state index contributed by atoms with van der Waals surface area (Å²) in [6.45, 7) is 0. The van der Waals surface area contributed by atoms with Gasteiger partial charge in [0.05, 0.1) is 22.2 Å². The summed E-state index contributed by atoms with van der Waals surface area (Å²) in [6, 6.07) is 3.71. The fourth-order valence-corrected chi connectivity index (χ4v) is 2.47. The van der Waals surface area contributed by atoms with Crippen molar-refractivity contribution in [2.24, 2.45) is 15.0 Å². The zero-order valence-corrected chi connectivity index (χ0v) is 7.91. The van der Waals surface area contributed by atoms with Crippen LogP contribution in [0, 0.1) is 0 Å². The molecular formula is C9H5N3OS. The van der Waals surface area contributed by atoms with E-state index in [0.29, 0.717) is 16.8 Å². The minimum absolute atomic E-state index is 0.212. The van der Waals surface area contributed by atoms with Gasteiger partial charge in [-0.25, -0.2) is 4.99 Å². The van der Waals surface area contributed by atoms with Crippen molar-refractivity contribution in [3.05, 3.63) is 28.4 Å². The van der Waals surface area contributed by atoms with E-state index in [1.54, 1.807) is 11.8 Å². The molecule has 0 atom stereocenters. The van der Waals surface area contributed by atoms with Crippen LogP contribution in [0.15, 0.2) is 32.0 Å². The summed E-state index contributed by atoms with van der Waals surface area (Å²) in [6.07, 6.45) is 1.30. The Morgan fingerprint density at radius 2 is 2.14 bits per heavy atom. The predicted octanol–water partition coefficient (Wildman–Crippen LogP) is 0.171. The van der Waals surface area contributed by atoms with Crippen LogP contribution in [0.25, 0.3) is 0 Å². The van der Waals surface area contributed by atoms with Crippen molar-refractivity contribution in [3.63, 3.8) is 0 Å². The van der Waals surface area contributed by atoms with E-state index in [9.17, 15) is 4.79 Å². The molecule has 0 aromatic heterocycles. The molecule has 2 heterocycles. The average molecular weight is 203 g/mol. The summed E-state index contributed by atoms with van der Waals surface area (Å²) in [7, 11) is 0. The maximum atomic E-state index is 11.5. The van der Waals surface area contributed by atoms with E-state index in [4.69, 9.17) is 0 Å². The van der Waals surface area contributed by atoms with Gasteiger partial charge >= 0.3 is 0 Å². The summed E-state index contributed by atoms with van der Waals surface area (Å²) in [5, 5.41) is 1.59. The average Bonchev–Trinajstić information content (AvgIpc) is 2.65. The summed E-state index contributed by atoms with van der Waals surface area (Å²) in [4.78, 5) is 24.4. The summed E-state index contributed by atoms with van der Waals surface area (Å²) in [5.74, 6) is 0.472. The summed E-state index contributed by atoms with van der Waals surface area (Å²) < 4.78 is 0. The molecule has 0 unspecified atom stereocenters. The van der Waals surface area contributed by atoms with Crippen LogP contribution in [0.1, 0.15) is 10.4 Å². The second kappa shape index (κ2) is 2.75. The van der Waals surface area contributed by atoms with Gasteiger partial charge in [0.15, 0.2) is 0 Å². The molecule has 0 saturated carbocycles. The Morgan fingerprint density at radius 3 is 3.07 bits per heavy atom. The highest BCUT2D eigenvalue weighted by molar-refractivity contribution is 7.99. The fourth-order valence-electron chi connectivity index (χ4n) is 1.52. The van der Waals surface area contributed by atoms with E-state index in [0.717, 1.165) is 10.3 Å². The maximum absolute atomic E-state index is 11.5. The van der Waals surface area contributed by atoms with Gasteiger partial charge in [0.25, 0.3) is 5.91 Å². The van der Waals surface area contributed by atoms with Gasteiger partial charge in [-0.1, -0.05) is 11.8 Å². The molecule has 0 aliphatic carbocycles. The van der Waals surface area contributed by atoms with Crippen molar-refractivity contribution < 1.29 is 4.79 Å². The van der Waals surface area contributed by atoms with Crippen molar-refractivity contribution in [3.8, 4) is 0 Å². The minimum atomic E-state index is -0.212. The molecular weight excluding hydrogens is 198 g/mol. The molecule has 2 aliphatic rings. The van der Waals surface area contributed by atoms with Crippen LogP contribution in [0.4, 0.5) is 0 Å². The van der Waals surface area contributed by atoms with E-state index in [1.165, 1.54) is 6.34 Å². The molecule has 2 aliphatic heterocycles. The quantitative estimate of drug-likeness (QED) is 0.603. The number of nitrogens with zero attached hydrogens (tertiary/aromatic N) is 3. The van der Waals surface area contributed by atoms with Crippen molar-refractivity contribution in [1.29, 1.82) is 0 Å². The van der Waals surface area contributed by atoms with Gasteiger partial charge < -0.3 is 0 Å². The van der Waals surface area contributed by atoms with E-state index in [-0.39, 0.29) is 5.91 Å². The Bertz CT molecular complexity index is 576. The minimum Gasteiger partial charge on any atom is -0.273 e. The first kappa shape index (κ1) is 7.87. The largest absolute Gasteiger partial charge is 0.281 e. The van der Waals surface area contributed by atoms with Gasteiger partial charge in [-0.2, -0.15) is 4.99 Å². The number of amides is 1. The third-order valence-electron chi connectivity index (χ3n) is 2.14. The van der Waals surface area contributed by atoms with Gasteiger partial charge in [0.2, 0.25) is 0 Å². The Morgan fingerprint density at radius 1 is 1.29 bits per heavy atom. The normalized spacial score (nSPS) is 17.0. The molecule has 5 heteroatoms. The number of hydrogen-bond donors (Lipinski definition) is 0. The number of fused-ring (bicyclic) bond motifs is 3. The highest BCUT2D eigenvalue weighted by Gasteiger charge is 2.19. The van der Waals surface area contributed by atoms with Crippen molar-refractivity contribution in [2.75, 3.05) is 5.88 Å². The Balaban J connectivity index is 2.47. The number of aliphatic imine (C=N–C) groups is 1. The molecule has 4 nitrogen and oxygen atoms in total. The van der Waals surface area contributed by atoms with Crippen LogP contribution < -0.4 is 10.7 Å². The molecule has 0 N–H and O–H groups in total. The van der Waals surface area contributed by atoms with E-state index < -0.39 is 0 Å². The first-order chi connectivity index (χ1) is 6.86. The smallest absolute Gasteiger partial charge is 0.273 e. The zero-order valence-electron chi connectivity index (χ0n) is 7.10. The fraction of sp³-hybridized carbons (Fsp3) is 0.111. The molecule has 1 aromatic carbocycles. The SMILES string of the molecule is O=C1N=CN=c2ccc3c(c21)SCN=3. The zero-order chi connectivity index (χ0) is 9.54. The molecule has 0 bridgehead atoms. The second-order valence-corrected chi connectivity index (χ2v) is 3.87. The number of benzene rings is 1. The van der Waals surface area contributed by atoms with Gasteiger partial charge in [-0.05, 0) is 12.1 Å². The second-order valence-electron chi connectivity index (χ2n) is 2.92. The van der Waals surface area contributed by atoms with Crippen LogP contribution in [-0.2, 0) is 0 Å². The molecule has 14 heavy (non-hydrogen) atoms. The number of carbonyl (C=O) groups is 1. The van der Waals surface area contributed by atoms with Gasteiger partial charge in [-0.15, -0.1) is 0 Å². The Hall–Kier alpha value is -1.49. The van der Waals surface area contributed by atoms with Crippen molar-refractivity contribution in [1.82, 2.24) is 0 Å². The highest BCUT2D eigenvalue weighted by atomic mass is 32.2. The van der Waals surface area contributed by atoms with E-state index in [1.807, 2.05) is 12.1 Å². The highest BCUT2D eigenvalue weighted by Crippen LogP contribution is 2.21. The van der Waals surface area contributed by atoms with Crippen LogP contribution in [0.3, 0.4) is 0 Å². The summed E-state index contributed by atoms with van der Waals surface area (Å²) >= 11 is 1.56. The topological polar surface area (TPSA) is 54.1 Å². The van der Waals surface area contributed by atoms with Crippen LogP contribution in [0.5, 0.6) is 0 Å². The first-order valence-corrected chi connectivity index (χ1v) is 5.10. The third kappa shape index (κ3) is 0.957. The molecule has 0 saturated heterocycles. The molecule has 3 rings (SSSR count). The third-order valence-corrected chi connectivity index (χ3v) is 3.10. The van der Waals surface area contributed by atoms with Gasteiger partial charge in [-0.3, -0.25) is 9.79 Å². The van der Waals surface area contributed by atoms with E-state index >= 15 is 0 Å². The lowest BCUT2D eigenvalue weighted by molar-refractivity contribution is 0.0997.